The summed E-state index contributed by atoms with van der Waals surface area (Å²) in [5, 5.41) is 40.1. The predicted octanol–water partition coefficient (Wildman–Crippen LogP) is 1.75. The number of aromatic nitrogens is 2. The summed E-state index contributed by atoms with van der Waals surface area (Å²) in [6.07, 6.45) is 5.79. The van der Waals surface area contributed by atoms with E-state index >= 15 is 0 Å². The molecule has 10 heteroatoms. The monoisotopic (exact) mass is 539 g/mol. The summed E-state index contributed by atoms with van der Waals surface area (Å²) in [5.74, 6) is -0.222. The Labute approximate surface area is 225 Å². The fourth-order valence-corrected chi connectivity index (χ4v) is 5.31. The van der Waals surface area contributed by atoms with Crippen LogP contribution in [-0.4, -0.2) is 55.9 Å². The smallest absolute Gasteiger partial charge is 0.263 e. The van der Waals surface area contributed by atoms with E-state index in [0.717, 1.165) is 6.42 Å². The summed E-state index contributed by atoms with van der Waals surface area (Å²) < 4.78 is 2.52. The zero-order chi connectivity index (χ0) is 27.9. The molecule has 1 aromatic carbocycles. The van der Waals surface area contributed by atoms with Crippen LogP contribution < -0.4 is 22.0 Å². The van der Waals surface area contributed by atoms with Gasteiger partial charge in [-0.2, -0.15) is 0 Å². The molecule has 210 valence electrons. The lowest BCUT2D eigenvalue weighted by Gasteiger charge is -2.19. The molecule has 1 aliphatic carbocycles. The maximum Gasteiger partial charge on any atom is 0.263 e. The van der Waals surface area contributed by atoms with Crippen molar-refractivity contribution in [1.82, 2.24) is 9.13 Å². The second kappa shape index (κ2) is 13.1. The first-order chi connectivity index (χ1) is 19.0. The Morgan fingerprint density at radius 3 is 1.87 bits per heavy atom. The lowest BCUT2D eigenvalue weighted by Crippen LogP contribution is -2.36. The van der Waals surface area contributed by atoms with Gasteiger partial charge in [-0.15, -0.1) is 0 Å². The number of aliphatic hydroxyl groups excluding tert-OH is 3. The van der Waals surface area contributed by atoms with Crippen molar-refractivity contribution in [1.29, 1.82) is 0 Å². The number of pyridine rings is 2. The minimum Gasteiger partial charge on any atom is -0.494 e. The fraction of sp³-hybridized carbons (Fsp3) is 0.517. The third-order valence-electron chi connectivity index (χ3n) is 7.35. The molecule has 0 radical (unpaired) electrons. The minimum atomic E-state index is -0.463. The Kier molecular flexibility index (Phi) is 9.66. The highest BCUT2D eigenvalue weighted by Gasteiger charge is 2.26. The second-order valence-corrected chi connectivity index (χ2v) is 10.0. The number of hydrogen-bond acceptors (Lipinski definition) is 8. The average molecular weight is 540 g/mol. The van der Waals surface area contributed by atoms with Crippen LogP contribution in [0.1, 0.15) is 57.8 Å². The maximum atomic E-state index is 13.8. The molecule has 0 atom stereocenters. The Bertz CT molecular complexity index is 1610. The highest BCUT2D eigenvalue weighted by molar-refractivity contribution is 6.15. The van der Waals surface area contributed by atoms with Gasteiger partial charge in [0, 0.05) is 61.2 Å². The third-order valence-corrected chi connectivity index (χ3v) is 7.35. The number of nitrogens with zero attached hydrogens (tertiary/aromatic N) is 3. The minimum absolute atomic E-state index is 0.0469. The molecule has 0 saturated carbocycles. The SMILES string of the molecule is O=c1c2c(=NCCCCCO)cc3c(=O)n(CCCCCO)c(=O)c4ccc(c(O)n1CCCCCO)c2c4-3. The van der Waals surface area contributed by atoms with Gasteiger partial charge in [0.2, 0.25) is 5.88 Å². The zero-order valence-electron chi connectivity index (χ0n) is 22.2. The topological polar surface area (TPSA) is 154 Å². The molecule has 1 aliphatic heterocycles. The Morgan fingerprint density at radius 1 is 0.641 bits per heavy atom. The van der Waals surface area contributed by atoms with Crippen LogP contribution >= 0.6 is 0 Å². The van der Waals surface area contributed by atoms with E-state index in [-0.39, 0.29) is 49.7 Å². The first-order valence-electron chi connectivity index (χ1n) is 13.8. The summed E-state index contributed by atoms with van der Waals surface area (Å²) >= 11 is 0. The quantitative estimate of drug-likeness (QED) is 0.133. The maximum absolute atomic E-state index is 13.8. The van der Waals surface area contributed by atoms with E-state index in [1.54, 1.807) is 18.2 Å². The van der Waals surface area contributed by atoms with E-state index < -0.39 is 16.7 Å². The summed E-state index contributed by atoms with van der Waals surface area (Å²) in [4.78, 5) is 45.5. The van der Waals surface area contributed by atoms with E-state index in [1.165, 1.54) is 9.13 Å². The first-order valence-corrected chi connectivity index (χ1v) is 13.8. The Balaban J connectivity index is 1.99. The molecule has 2 heterocycles. The van der Waals surface area contributed by atoms with Crippen LogP contribution in [0.5, 0.6) is 5.88 Å². The number of hydrogen-bond donors (Lipinski definition) is 4. The molecular formula is C29H37N3O7. The Morgan fingerprint density at radius 2 is 1.23 bits per heavy atom. The highest BCUT2D eigenvalue weighted by Crippen LogP contribution is 2.36. The van der Waals surface area contributed by atoms with E-state index in [1.807, 2.05) is 0 Å². The highest BCUT2D eigenvalue weighted by atomic mass is 16.3. The van der Waals surface area contributed by atoms with Crippen LogP contribution in [0.3, 0.4) is 0 Å². The van der Waals surface area contributed by atoms with E-state index in [2.05, 4.69) is 4.99 Å². The van der Waals surface area contributed by atoms with E-state index in [0.29, 0.717) is 85.0 Å². The fourth-order valence-electron chi connectivity index (χ4n) is 5.31. The normalized spacial score (nSPS) is 12.5. The van der Waals surface area contributed by atoms with Crippen LogP contribution in [0, 0.1) is 0 Å². The van der Waals surface area contributed by atoms with Gasteiger partial charge in [0.25, 0.3) is 16.7 Å². The van der Waals surface area contributed by atoms with Gasteiger partial charge in [-0.1, -0.05) is 0 Å². The zero-order valence-corrected chi connectivity index (χ0v) is 22.2. The lowest BCUT2D eigenvalue weighted by atomic mass is 9.90. The summed E-state index contributed by atoms with van der Waals surface area (Å²) in [7, 11) is 0. The molecule has 1 aromatic heterocycles. The molecule has 39 heavy (non-hydrogen) atoms. The standard InChI is InChI=1S/C29H37N3O7/c33-15-7-1-4-12-30-22-18-21-23-19(26(36)31(28(21)38)13-5-2-8-16-34)10-11-20-24(23)25(22)29(39)32(27(20)37)14-6-3-9-17-35/h10-11,18,33-35,37H,1-9,12-17H2. The van der Waals surface area contributed by atoms with Crippen molar-refractivity contribution in [3.63, 3.8) is 0 Å². The molecule has 4 N–H and O–H groups in total. The number of aromatic hydroxyl groups is 1. The van der Waals surface area contributed by atoms with Crippen molar-refractivity contribution in [2.45, 2.75) is 70.9 Å². The molecule has 0 saturated heterocycles. The van der Waals surface area contributed by atoms with E-state index in [4.69, 9.17) is 15.3 Å². The van der Waals surface area contributed by atoms with Crippen molar-refractivity contribution >= 4 is 21.5 Å². The number of rotatable bonds is 15. The van der Waals surface area contributed by atoms with Gasteiger partial charge in [-0.25, -0.2) is 0 Å². The molecule has 0 bridgehead atoms. The number of aliphatic hydroxyl groups is 3. The summed E-state index contributed by atoms with van der Waals surface area (Å²) in [6, 6.07) is 4.81. The molecular weight excluding hydrogens is 502 g/mol. The molecule has 0 fully saturated rings. The van der Waals surface area contributed by atoms with Gasteiger partial charge in [0.15, 0.2) is 0 Å². The number of benzene rings is 2. The second-order valence-electron chi connectivity index (χ2n) is 10.0. The van der Waals surface area contributed by atoms with Crippen molar-refractivity contribution < 1.29 is 20.4 Å². The third kappa shape index (κ3) is 5.68. The van der Waals surface area contributed by atoms with Gasteiger partial charge >= 0.3 is 0 Å². The van der Waals surface area contributed by atoms with Crippen molar-refractivity contribution in [3.05, 3.63) is 54.6 Å². The molecule has 0 unspecified atom stereocenters. The van der Waals surface area contributed by atoms with Crippen molar-refractivity contribution in [2.24, 2.45) is 4.99 Å². The summed E-state index contributed by atoms with van der Waals surface area (Å²) in [6.45, 7) is 1.05. The average Bonchev–Trinajstić information content (AvgIpc) is 2.93. The molecule has 4 rings (SSSR count). The molecule has 0 spiro atoms. The van der Waals surface area contributed by atoms with Gasteiger partial charge in [-0.3, -0.25) is 28.5 Å². The molecule has 0 amide bonds. The van der Waals surface area contributed by atoms with Gasteiger partial charge in [-0.05, 0) is 76.0 Å². The van der Waals surface area contributed by atoms with Crippen LogP contribution in [0.25, 0.3) is 32.7 Å². The van der Waals surface area contributed by atoms with Crippen molar-refractivity contribution in [2.75, 3.05) is 26.4 Å². The molecule has 10 nitrogen and oxygen atoms in total. The number of unbranched alkanes of at least 4 members (excludes halogenated alkanes) is 6. The summed E-state index contributed by atoms with van der Waals surface area (Å²) in [5.41, 5.74) is -0.703. The largest absolute Gasteiger partial charge is 0.494 e. The van der Waals surface area contributed by atoms with Gasteiger partial charge in [0.05, 0.1) is 16.3 Å². The molecule has 2 aromatic rings. The van der Waals surface area contributed by atoms with Gasteiger partial charge < -0.3 is 20.4 Å². The lowest BCUT2D eigenvalue weighted by molar-refractivity contribution is 0.281. The van der Waals surface area contributed by atoms with Crippen molar-refractivity contribution in [3.8, 4) is 17.0 Å². The molecule has 2 aliphatic rings. The Hall–Kier alpha value is -3.34. The van der Waals surface area contributed by atoms with Crippen LogP contribution in [0.2, 0.25) is 0 Å². The predicted molar refractivity (Wildman–Crippen MR) is 150 cm³/mol. The first kappa shape index (κ1) is 28.7. The van der Waals surface area contributed by atoms with Crippen LogP contribution in [0.4, 0.5) is 0 Å². The van der Waals surface area contributed by atoms with Crippen LogP contribution in [-0.2, 0) is 13.1 Å². The van der Waals surface area contributed by atoms with Crippen LogP contribution in [0.15, 0.2) is 37.6 Å². The van der Waals surface area contributed by atoms with Gasteiger partial charge in [0.1, 0.15) is 0 Å². The van der Waals surface area contributed by atoms with E-state index in [9.17, 15) is 19.5 Å².